The summed E-state index contributed by atoms with van der Waals surface area (Å²) in [5.74, 6) is -0.139. The molecule has 1 aliphatic heterocycles. The number of nitrogens with zero attached hydrogens (tertiary/aromatic N) is 2. The van der Waals surface area contributed by atoms with E-state index in [1.807, 2.05) is 6.08 Å². The zero-order valence-corrected chi connectivity index (χ0v) is 9.06. The van der Waals surface area contributed by atoms with E-state index >= 15 is 0 Å². The summed E-state index contributed by atoms with van der Waals surface area (Å²) >= 11 is 0. The van der Waals surface area contributed by atoms with E-state index in [9.17, 15) is 9.59 Å². The van der Waals surface area contributed by atoms with Gasteiger partial charge >= 0.3 is 0 Å². The molecule has 0 saturated carbocycles. The molecule has 0 saturated heterocycles. The van der Waals surface area contributed by atoms with E-state index in [0.29, 0.717) is 13.1 Å². The van der Waals surface area contributed by atoms with Gasteiger partial charge < -0.3 is 4.90 Å². The van der Waals surface area contributed by atoms with Crippen molar-refractivity contribution in [2.24, 2.45) is 0 Å². The SMILES string of the molecule is CC1=CCN(C(=O)c2ccc(=O)[nH]n2)CC1. The van der Waals surface area contributed by atoms with Crippen molar-refractivity contribution in [1.82, 2.24) is 15.1 Å². The highest BCUT2D eigenvalue weighted by Crippen LogP contribution is 2.11. The van der Waals surface area contributed by atoms with E-state index < -0.39 is 0 Å². The first-order valence-corrected chi connectivity index (χ1v) is 5.17. The molecule has 0 atom stereocenters. The molecular formula is C11H13N3O2. The molecule has 1 N–H and O–H groups in total. The third kappa shape index (κ3) is 2.18. The van der Waals surface area contributed by atoms with Gasteiger partial charge in [0.1, 0.15) is 5.69 Å². The van der Waals surface area contributed by atoms with Gasteiger partial charge in [0.15, 0.2) is 0 Å². The summed E-state index contributed by atoms with van der Waals surface area (Å²) in [5.41, 5.74) is 1.29. The number of carbonyl (C=O) groups excluding carboxylic acids is 1. The number of rotatable bonds is 1. The van der Waals surface area contributed by atoms with Crippen molar-refractivity contribution in [3.8, 4) is 0 Å². The number of H-pyrrole nitrogens is 1. The molecule has 0 radical (unpaired) electrons. The highest BCUT2D eigenvalue weighted by Gasteiger charge is 2.18. The maximum atomic E-state index is 11.9. The fraction of sp³-hybridized carbons (Fsp3) is 0.364. The monoisotopic (exact) mass is 219 g/mol. The number of nitrogens with one attached hydrogen (secondary N) is 1. The highest BCUT2D eigenvalue weighted by molar-refractivity contribution is 5.92. The van der Waals surface area contributed by atoms with Crippen LogP contribution in [0.25, 0.3) is 0 Å². The van der Waals surface area contributed by atoms with E-state index in [-0.39, 0.29) is 17.2 Å². The van der Waals surface area contributed by atoms with Crippen LogP contribution in [0.1, 0.15) is 23.8 Å². The van der Waals surface area contributed by atoms with E-state index in [4.69, 9.17) is 0 Å². The summed E-state index contributed by atoms with van der Waals surface area (Å²) in [5, 5.41) is 5.98. The van der Waals surface area contributed by atoms with E-state index in [0.717, 1.165) is 6.42 Å². The minimum absolute atomic E-state index is 0.139. The van der Waals surface area contributed by atoms with Crippen LogP contribution in [0, 0.1) is 0 Å². The first-order valence-electron chi connectivity index (χ1n) is 5.17. The summed E-state index contributed by atoms with van der Waals surface area (Å²) in [6, 6.07) is 2.76. The Morgan fingerprint density at radius 3 is 2.88 bits per heavy atom. The van der Waals surface area contributed by atoms with E-state index in [1.54, 1.807) is 4.90 Å². The molecule has 0 unspecified atom stereocenters. The maximum absolute atomic E-state index is 11.9. The lowest BCUT2D eigenvalue weighted by Crippen LogP contribution is -2.35. The van der Waals surface area contributed by atoms with Crippen molar-refractivity contribution >= 4 is 5.91 Å². The number of carbonyl (C=O) groups is 1. The molecule has 1 amide bonds. The van der Waals surface area contributed by atoms with Crippen molar-refractivity contribution in [2.75, 3.05) is 13.1 Å². The normalized spacial score (nSPS) is 15.8. The molecule has 1 aromatic heterocycles. The first kappa shape index (κ1) is 10.6. The average Bonchev–Trinajstić information content (AvgIpc) is 2.30. The molecule has 0 spiro atoms. The molecule has 2 heterocycles. The lowest BCUT2D eigenvalue weighted by Gasteiger charge is -2.24. The lowest BCUT2D eigenvalue weighted by atomic mass is 10.1. The largest absolute Gasteiger partial charge is 0.333 e. The van der Waals surface area contributed by atoms with Gasteiger partial charge in [-0.3, -0.25) is 9.59 Å². The Morgan fingerprint density at radius 1 is 1.50 bits per heavy atom. The molecule has 84 valence electrons. The van der Waals surface area contributed by atoms with Crippen molar-refractivity contribution in [3.05, 3.63) is 39.8 Å². The van der Waals surface area contributed by atoms with Crippen LogP contribution in [0.5, 0.6) is 0 Å². The van der Waals surface area contributed by atoms with Gasteiger partial charge in [-0.15, -0.1) is 0 Å². The van der Waals surface area contributed by atoms with Crippen LogP contribution in [0.4, 0.5) is 0 Å². The van der Waals surface area contributed by atoms with Crippen LogP contribution in [0.2, 0.25) is 0 Å². The molecular weight excluding hydrogens is 206 g/mol. The minimum Gasteiger partial charge on any atom is -0.333 e. The third-order valence-electron chi connectivity index (χ3n) is 2.62. The molecule has 0 aromatic carbocycles. The average molecular weight is 219 g/mol. The fourth-order valence-electron chi connectivity index (χ4n) is 1.58. The second-order valence-corrected chi connectivity index (χ2v) is 3.86. The zero-order chi connectivity index (χ0) is 11.5. The Labute approximate surface area is 92.8 Å². The Hall–Kier alpha value is -1.91. The number of amides is 1. The minimum atomic E-state index is -0.300. The second kappa shape index (κ2) is 4.30. The van der Waals surface area contributed by atoms with E-state index in [2.05, 4.69) is 17.1 Å². The van der Waals surface area contributed by atoms with Crippen molar-refractivity contribution in [3.63, 3.8) is 0 Å². The summed E-state index contributed by atoms with van der Waals surface area (Å²) in [4.78, 5) is 24.5. The molecule has 5 nitrogen and oxygen atoms in total. The van der Waals surface area contributed by atoms with Crippen molar-refractivity contribution < 1.29 is 4.79 Å². The molecule has 0 bridgehead atoms. The lowest BCUT2D eigenvalue weighted by molar-refractivity contribution is 0.0762. The highest BCUT2D eigenvalue weighted by atomic mass is 16.2. The molecule has 5 heteroatoms. The predicted molar refractivity (Wildman–Crippen MR) is 59.1 cm³/mol. The number of hydrogen-bond donors (Lipinski definition) is 1. The van der Waals surface area contributed by atoms with Crippen LogP contribution in [0.3, 0.4) is 0 Å². The second-order valence-electron chi connectivity index (χ2n) is 3.86. The Bertz CT molecular complexity index is 470. The van der Waals surface area contributed by atoms with Crippen LogP contribution in [-0.4, -0.2) is 34.1 Å². The third-order valence-corrected chi connectivity index (χ3v) is 2.62. The van der Waals surface area contributed by atoms with Gasteiger partial charge in [-0.2, -0.15) is 5.10 Å². The van der Waals surface area contributed by atoms with Gasteiger partial charge in [0.05, 0.1) is 0 Å². The molecule has 1 aromatic rings. The summed E-state index contributed by atoms with van der Waals surface area (Å²) in [7, 11) is 0. The summed E-state index contributed by atoms with van der Waals surface area (Å²) < 4.78 is 0. The van der Waals surface area contributed by atoms with Gasteiger partial charge in [0, 0.05) is 19.2 Å². The number of aromatic nitrogens is 2. The van der Waals surface area contributed by atoms with Gasteiger partial charge in [0.25, 0.3) is 11.5 Å². The zero-order valence-electron chi connectivity index (χ0n) is 9.06. The summed E-state index contributed by atoms with van der Waals surface area (Å²) in [6.45, 7) is 3.38. The Kier molecular flexibility index (Phi) is 2.85. The molecule has 0 fully saturated rings. The van der Waals surface area contributed by atoms with Gasteiger partial charge in [-0.25, -0.2) is 5.10 Å². The molecule has 1 aliphatic rings. The standard InChI is InChI=1S/C11H13N3O2/c1-8-4-6-14(7-5-8)11(16)9-2-3-10(15)13-12-9/h2-4H,5-7H2,1H3,(H,13,15). The van der Waals surface area contributed by atoms with Gasteiger partial charge in [-0.1, -0.05) is 11.6 Å². The summed E-state index contributed by atoms with van der Waals surface area (Å²) in [6.07, 6.45) is 2.93. The van der Waals surface area contributed by atoms with Crippen molar-refractivity contribution in [1.29, 1.82) is 0 Å². The molecule has 16 heavy (non-hydrogen) atoms. The maximum Gasteiger partial charge on any atom is 0.274 e. The predicted octanol–water partition coefficient (Wildman–Crippen LogP) is 0.562. The van der Waals surface area contributed by atoms with Gasteiger partial charge in [-0.05, 0) is 19.4 Å². The Balaban J connectivity index is 2.14. The Morgan fingerprint density at radius 2 is 2.31 bits per heavy atom. The number of hydrogen-bond acceptors (Lipinski definition) is 3. The van der Waals surface area contributed by atoms with Gasteiger partial charge in [0.2, 0.25) is 0 Å². The fourth-order valence-corrected chi connectivity index (χ4v) is 1.58. The molecule has 0 aliphatic carbocycles. The molecule has 2 rings (SSSR count). The van der Waals surface area contributed by atoms with Crippen LogP contribution < -0.4 is 5.56 Å². The topological polar surface area (TPSA) is 66.1 Å². The smallest absolute Gasteiger partial charge is 0.274 e. The van der Waals surface area contributed by atoms with Crippen LogP contribution in [0.15, 0.2) is 28.6 Å². The van der Waals surface area contributed by atoms with Crippen LogP contribution >= 0.6 is 0 Å². The quantitative estimate of drug-likeness (QED) is 0.702. The number of aromatic amines is 1. The van der Waals surface area contributed by atoms with Crippen LogP contribution in [-0.2, 0) is 0 Å². The van der Waals surface area contributed by atoms with Crippen molar-refractivity contribution in [2.45, 2.75) is 13.3 Å². The first-order chi connectivity index (χ1) is 7.66. The van der Waals surface area contributed by atoms with E-state index in [1.165, 1.54) is 17.7 Å².